The number of halogens is 2. The van der Waals surface area contributed by atoms with E-state index in [0.29, 0.717) is 16.5 Å². The van der Waals surface area contributed by atoms with Crippen LogP contribution < -0.4 is 5.32 Å². The lowest BCUT2D eigenvalue weighted by Gasteiger charge is -2.17. The summed E-state index contributed by atoms with van der Waals surface area (Å²) in [5, 5.41) is 3.13. The van der Waals surface area contributed by atoms with Crippen molar-refractivity contribution in [3.05, 3.63) is 75.6 Å². The number of fused-ring (bicyclic) bond motifs is 1. The first-order valence-electron chi connectivity index (χ1n) is 8.41. The van der Waals surface area contributed by atoms with E-state index in [9.17, 15) is 9.59 Å². The molecule has 1 atom stereocenters. The second kappa shape index (κ2) is 9.03. The van der Waals surface area contributed by atoms with Crippen molar-refractivity contribution in [2.24, 2.45) is 0 Å². The number of nitrogens with zero attached hydrogens (tertiary/aromatic N) is 2. The first-order valence-corrected chi connectivity index (χ1v) is 9.58. The highest BCUT2D eigenvalue weighted by atomic mass is 79.9. The molecule has 0 fully saturated rings. The average Bonchev–Trinajstić information content (AvgIpc) is 3.01. The molecule has 2 heterocycles. The number of carbonyl (C=O) groups excluding carboxylic acids is 2. The number of methoxy groups -OCH3 is 1. The van der Waals surface area contributed by atoms with E-state index in [0.717, 1.165) is 10.0 Å². The first-order chi connectivity index (χ1) is 13.5. The third-order valence-corrected chi connectivity index (χ3v) is 4.91. The molecule has 3 aromatic rings. The van der Waals surface area contributed by atoms with Gasteiger partial charge in [-0.25, -0.2) is 4.98 Å². The lowest BCUT2D eigenvalue weighted by Crippen LogP contribution is -2.29. The summed E-state index contributed by atoms with van der Waals surface area (Å²) in [5.41, 5.74) is 2.08. The van der Waals surface area contributed by atoms with E-state index in [4.69, 9.17) is 16.3 Å². The Kier molecular flexibility index (Phi) is 6.49. The second-order valence-corrected chi connectivity index (χ2v) is 7.22. The maximum atomic E-state index is 12.5. The Morgan fingerprint density at radius 1 is 1.29 bits per heavy atom. The number of imidazole rings is 1. The minimum Gasteiger partial charge on any atom is -0.469 e. The number of carbonyl (C=O) groups is 2. The molecule has 0 saturated carbocycles. The number of benzene rings is 1. The maximum Gasteiger partial charge on any atom is 0.307 e. The normalized spacial score (nSPS) is 12.2. The van der Waals surface area contributed by atoms with E-state index in [1.54, 1.807) is 10.5 Å². The van der Waals surface area contributed by atoms with Gasteiger partial charge in [0.2, 0.25) is 5.91 Å². The van der Waals surface area contributed by atoms with E-state index in [1.807, 2.05) is 48.7 Å². The number of nitrogens with one attached hydrogen (secondary N) is 1. The van der Waals surface area contributed by atoms with Crippen LogP contribution in [0.3, 0.4) is 0 Å². The van der Waals surface area contributed by atoms with Crippen LogP contribution in [0.5, 0.6) is 0 Å². The van der Waals surface area contributed by atoms with Gasteiger partial charge in [0, 0.05) is 16.7 Å². The third-order valence-electron chi connectivity index (χ3n) is 4.10. The topological polar surface area (TPSA) is 72.7 Å². The van der Waals surface area contributed by atoms with Crippen LogP contribution in [0, 0.1) is 0 Å². The average molecular weight is 463 g/mol. The molecule has 0 saturated heterocycles. The Balaban J connectivity index is 1.79. The molecule has 1 unspecified atom stereocenters. The zero-order valence-electron chi connectivity index (χ0n) is 14.9. The highest BCUT2D eigenvalue weighted by Gasteiger charge is 2.18. The highest BCUT2D eigenvalue weighted by Crippen LogP contribution is 2.21. The summed E-state index contributed by atoms with van der Waals surface area (Å²) >= 11 is 9.55. The molecule has 3 rings (SSSR count). The Hall–Kier alpha value is -2.64. The molecule has 2 aromatic heterocycles. The zero-order valence-corrected chi connectivity index (χ0v) is 17.3. The lowest BCUT2D eigenvalue weighted by atomic mass is 10.0. The number of aromatic nitrogens is 2. The van der Waals surface area contributed by atoms with E-state index in [-0.39, 0.29) is 12.3 Å². The van der Waals surface area contributed by atoms with E-state index >= 15 is 0 Å². The molecule has 0 aliphatic rings. The summed E-state index contributed by atoms with van der Waals surface area (Å²) in [6.07, 6.45) is 4.79. The standard InChI is InChI=1S/C20H17BrClN3O3/c1-28-19(27)12-15(13-5-7-14(21)8-6-13)23-18(26)10-9-16-20(22)24-17-4-2-3-11-25(16)17/h2-11,15H,12H2,1H3,(H,23,26)/b10-9+. The number of hydrogen-bond donors (Lipinski definition) is 1. The van der Waals surface area contributed by atoms with Gasteiger partial charge in [-0.05, 0) is 35.9 Å². The van der Waals surface area contributed by atoms with Crippen LogP contribution in [-0.2, 0) is 14.3 Å². The van der Waals surface area contributed by atoms with Crippen LogP contribution in [0.25, 0.3) is 11.7 Å². The van der Waals surface area contributed by atoms with Gasteiger partial charge in [0.1, 0.15) is 5.65 Å². The fraction of sp³-hybridized carbons (Fsp3) is 0.150. The summed E-state index contributed by atoms with van der Waals surface area (Å²) in [4.78, 5) is 28.5. The van der Waals surface area contributed by atoms with Gasteiger partial charge in [0.15, 0.2) is 5.15 Å². The largest absolute Gasteiger partial charge is 0.469 e. The van der Waals surface area contributed by atoms with Crippen LogP contribution in [0.15, 0.2) is 59.2 Å². The van der Waals surface area contributed by atoms with Crippen molar-refractivity contribution >= 4 is 51.1 Å². The summed E-state index contributed by atoms with van der Waals surface area (Å²) in [6, 6.07) is 12.4. The number of amides is 1. The fourth-order valence-electron chi connectivity index (χ4n) is 2.71. The van der Waals surface area contributed by atoms with Crippen molar-refractivity contribution in [3.63, 3.8) is 0 Å². The van der Waals surface area contributed by atoms with Crippen LogP contribution in [-0.4, -0.2) is 28.4 Å². The van der Waals surface area contributed by atoms with Crippen molar-refractivity contribution in [3.8, 4) is 0 Å². The smallest absolute Gasteiger partial charge is 0.307 e. The predicted molar refractivity (Wildman–Crippen MR) is 111 cm³/mol. The molecule has 0 bridgehead atoms. The molecule has 0 aliphatic heterocycles. The van der Waals surface area contributed by atoms with Gasteiger partial charge in [-0.3, -0.25) is 14.0 Å². The number of esters is 1. The highest BCUT2D eigenvalue weighted by molar-refractivity contribution is 9.10. The number of rotatable bonds is 6. The monoisotopic (exact) mass is 461 g/mol. The molecule has 1 amide bonds. The summed E-state index contributed by atoms with van der Waals surface area (Å²) < 4.78 is 7.43. The molecule has 28 heavy (non-hydrogen) atoms. The number of ether oxygens (including phenoxy) is 1. The Morgan fingerprint density at radius 2 is 2.04 bits per heavy atom. The number of pyridine rings is 1. The molecule has 6 nitrogen and oxygen atoms in total. The van der Waals surface area contributed by atoms with E-state index in [1.165, 1.54) is 13.2 Å². The predicted octanol–water partition coefficient (Wildman–Crippen LogP) is 4.18. The summed E-state index contributed by atoms with van der Waals surface area (Å²) in [7, 11) is 1.31. The Morgan fingerprint density at radius 3 is 2.75 bits per heavy atom. The van der Waals surface area contributed by atoms with Crippen LogP contribution in [0.2, 0.25) is 5.15 Å². The molecule has 8 heteroatoms. The summed E-state index contributed by atoms with van der Waals surface area (Å²) in [6.45, 7) is 0. The van der Waals surface area contributed by atoms with Crippen LogP contribution in [0.4, 0.5) is 0 Å². The van der Waals surface area contributed by atoms with Gasteiger partial charge in [-0.15, -0.1) is 0 Å². The van der Waals surface area contributed by atoms with Crippen molar-refractivity contribution in [2.75, 3.05) is 7.11 Å². The fourth-order valence-corrected chi connectivity index (χ4v) is 3.21. The van der Waals surface area contributed by atoms with Gasteiger partial charge in [0.05, 0.1) is 25.3 Å². The van der Waals surface area contributed by atoms with Gasteiger partial charge in [-0.2, -0.15) is 0 Å². The molecule has 144 valence electrons. The molecule has 0 aliphatic carbocycles. The molecular weight excluding hydrogens is 446 g/mol. The van der Waals surface area contributed by atoms with Crippen LogP contribution >= 0.6 is 27.5 Å². The third kappa shape index (κ3) is 4.79. The first kappa shape index (κ1) is 20.1. The van der Waals surface area contributed by atoms with E-state index in [2.05, 4.69) is 26.2 Å². The summed E-state index contributed by atoms with van der Waals surface area (Å²) in [5.74, 6) is -0.777. The van der Waals surface area contributed by atoms with Crippen LogP contribution in [0.1, 0.15) is 23.7 Å². The number of hydrogen-bond acceptors (Lipinski definition) is 4. The Bertz CT molecular complexity index is 1030. The van der Waals surface area contributed by atoms with Gasteiger partial charge < -0.3 is 10.1 Å². The lowest BCUT2D eigenvalue weighted by molar-refractivity contribution is -0.141. The molecule has 0 spiro atoms. The zero-order chi connectivity index (χ0) is 20.1. The van der Waals surface area contributed by atoms with Crippen molar-refractivity contribution < 1.29 is 14.3 Å². The SMILES string of the molecule is COC(=O)CC(NC(=O)/C=C/c1c(Cl)nc2ccccn12)c1ccc(Br)cc1. The minimum absolute atomic E-state index is 0.0219. The second-order valence-electron chi connectivity index (χ2n) is 5.94. The quantitative estimate of drug-likeness (QED) is 0.440. The molecule has 1 N–H and O–H groups in total. The Labute approximate surface area is 175 Å². The van der Waals surface area contributed by atoms with Gasteiger partial charge >= 0.3 is 5.97 Å². The molecular formula is C20H17BrClN3O3. The maximum absolute atomic E-state index is 12.5. The van der Waals surface area contributed by atoms with E-state index < -0.39 is 12.0 Å². The van der Waals surface area contributed by atoms with Gasteiger partial charge in [-0.1, -0.05) is 45.7 Å². The van der Waals surface area contributed by atoms with Crippen molar-refractivity contribution in [1.29, 1.82) is 0 Å². The van der Waals surface area contributed by atoms with Crippen molar-refractivity contribution in [1.82, 2.24) is 14.7 Å². The van der Waals surface area contributed by atoms with Gasteiger partial charge in [0.25, 0.3) is 0 Å². The molecule has 1 aromatic carbocycles. The van der Waals surface area contributed by atoms with Crippen molar-refractivity contribution in [2.45, 2.75) is 12.5 Å². The molecule has 0 radical (unpaired) electrons. The minimum atomic E-state index is -0.518.